The van der Waals surface area contributed by atoms with Crippen LogP contribution in [0, 0.1) is 12.7 Å². The number of aliphatic hydroxyl groups is 1. The van der Waals surface area contributed by atoms with Gasteiger partial charge in [-0.25, -0.2) is 4.39 Å². The first kappa shape index (κ1) is 29.8. The number of hydrogen-bond donors (Lipinski definition) is 3. The van der Waals surface area contributed by atoms with E-state index >= 15 is 0 Å². The summed E-state index contributed by atoms with van der Waals surface area (Å²) in [6.07, 6.45) is 0.178. The summed E-state index contributed by atoms with van der Waals surface area (Å²) in [4.78, 5) is 42.4. The number of fused-ring (bicyclic) bond motifs is 1. The van der Waals surface area contributed by atoms with Gasteiger partial charge in [0.1, 0.15) is 11.9 Å². The molecule has 3 N–H and O–H groups in total. The molecule has 42 heavy (non-hydrogen) atoms. The zero-order valence-electron chi connectivity index (χ0n) is 24.0. The first-order valence-electron chi connectivity index (χ1n) is 14.2. The van der Waals surface area contributed by atoms with Crippen LogP contribution < -0.4 is 10.6 Å². The van der Waals surface area contributed by atoms with E-state index in [-0.39, 0.29) is 35.4 Å². The summed E-state index contributed by atoms with van der Waals surface area (Å²) in [5.74, 6) is -1.81. The van der Waals surface area contributed by atoms with Gasteiger partial charge in [-0.2, -0.15) is 0 Å². The molecule has 0 spiro atoms. The number of hydrogen-bond acceptors (Lipinski definition) is 5. The Morgan fingerprint density at radius 1 is 1.05 bits per heavy atom. The molecule has 4 unspecified atom stereocenters. The van der Waals surface area contributed by atoms with Gasteiger partial charge in [0.2, 0.25) is 5.91 Å². The van der Waals surface area contributed by atoms with E-state index in [2.05, 4.69) is 16.7 Å². The fourth-order valence-electron chi connectivity index (χ4n) is 5.92. The number of nitrogens with zero attached hydrogens (tertiary/aromatic N) is 1. The predicted molar refractivity (Wildman–Crippen MR) is 161 cm³/mol. The van der Waals surface area contributed by atoms with Gasteiger partial charge in [0.25, 0.3) is 11.8 Å². The van der Waals surface area contributed by atoms with Gasteiger partial charge < -0.3 is 20.6 Å². The van der Waals surface area contributed by atoms with Gasteiger partial charge >= 0.3 is 0 Å². The summed E-state index contributed by atoms with van der Waals surface area (Å²) in [6, 6.07) is 19.5. The Labute approximate surface area is 249 Å². The second-order valence-corrected chi connectivity index (χ2v) is 13.1. The summed E-state index contributed by atoms with van der Waals surface area (Å²) < 4.78 is 13.6. The molecule has 0 aromatic heterocycles. The second-order valence-electron chi connectivity index (χ2n) is 11.5. The Balaban J connectivity index is 1.37. The van der Waals surface area contributed by atoms with Crippen LogP contribution >= 0.6 is 11.8 Å². The van der Waals surface area contributed by atoms with Crippen molar-refractivity contribution in [3.8, 4) is 0 Å². The molecular formula is C33H36FN3O4S. The molecule has 1 aliphatic heterocycles. The van der Waals surface area contributed by atoms with Crippen molar-refractivity contribution in [1.29, 1.82) is 0 Å². The van der Waals surface area contributed by atoms with E-state index in [1.54, 1.807) is 0 Å². The molecular weight excluding hydrogens is 553 g/mol. The maximum Gasteiger partial charge on any atom is 0.254 e. The highest BCUT2D eigenvalue weighted by atomic mass is 32.2. The van der Waals surface area contributed by atoms with Gasteiger partial charge in [0.05, 0.1) is 18.0 Å². The first-order valence-corrected chi connectivity index (χ1v) is 15.2. The molecule has 1 aliphatic carbocycles. The Hall–Kier alpha value is -3.69. The standard InChI is InChI=1S/C33H36FN3O4S/c1-20-23(14-9-15-25(20)34)30(39)36-27(18-21-10-5-4-6-11-21)28(38)32(41)37-19-42-33(2,3)29(37)31(40)35-26-17-16-22-12-7-8-13-24(22)26/h4-15,26-29,38H,16-19H2,1-3H3,(H,35,40)(H,36,39). The highest BCUT2D eigenvalue weighted by molar-refractivity contribution is 8.00. The Morgan fingerprint density at radius 2 is 1.76 bits per heavy atom. The number of benzene rings is 3. The fourth-order valence-corrected chi connectivity index (χ4v) is 7.06. The number of thioether (sulfide) groups is 1. The van der Waals surface area contributed by atoms with Gasteiger partial charge in [-0.1, -0.05) is 60.7 Å². The molecule has 3 aromatic carbocycles. The summed E-state index contributed by atoms with van der Waals surface area (Å²) in [7, 11) is 0. The molecule has 7 nitrogen and oxygen atoms in total. The van der Waals surface area contributed by atoms with Crippen LogP contribution in [0.25, 0.3) is 0 Å². The molecule has 0 saturated carbocycles. The van der Waals surface area contributed by atoms with E-state index in [0.717, 1.165) is 24.0 Å². The number of rotatable bonds is 8. The van der Waals surface area contributed by atoms with E-state index in [1.165, 1.54) is 47.3 Å². The molecule has 2 aliphatic rings. The topological polar surface area (TPSA) is 98.7 Å². The zero-order valence-corrected chi connectivity index (χ0v) is 24.8. The third-order valence-corrected chi connectivity index (χ3v) is 9.66. The van der Waals surface area contributed by atoms with E-state index in [4.69, 9.17) is 0 Å². The molecule has 3 amide bonds. The van der Waals surface area contributed by atoms with Crippen molar-refractivity contribution in [1.82, 2.24) is 15.5 Å². The number of nitrogens with one attached hydrogen (secondary N) is 2. The van der Waals surface area contributed by atoms with Crippen LogP contribution in [-0.2, 0) is 22.4 Å². The average molecular weight is 590 g/mol. The van der Waals surface area contributed by atoms with Crippen LogP contribution in [0.2, 0.25) is 0 Å². The Morgan fingerprint density at radius 3 is 2.52 bits per heavy atom. The summed E-state index contributed by atoms with van der Waals surface area (Å²) >= 11 is 1.47. The zero-order chi connectivity index (χ0) is 30.0. The monoisotopic (exact) mass is 589 g/mol. The van der Waals surface area contributed by atoms with Crippen molar-refractivity contribution in [2.75, 3.05) is 5.88 Å². The molecule has 0 bridgehead atoms. The lowest BCUT2D eigenvalue weighted by Crippen LogP contribution is -2.59. The maximum atomic E-state index is 14.2. The molecule has 4 atom stereocenters. The molecule has 1 saturated heterocycles. The predicted octanol–water partition coefficient (Wildman–Crippen LogP) is 4.32. The molecule has 5 rings (SSSR count). The number of carbonyl (C=O) groups excluding carboxylic acids is 3. The summed E-state index contributed by atoms with van der Waals surface area (Å²) in [5, 5.41) is 17.4. The third kappa shape index (κ3) is 6.08. The van der Waals surface area contributed by atoms with E-state index < -0.39 is 40.6 Å². The average Bonchev–Trinajstić information content (AvgIpc) is 3.53. The lowest BCUT2D eigenvalue weighted by molar-refractivity contribution is -0.147. The minimum atomic E-state index is -1.64. The van der Waals surface area contributed by atoms with Crippen LogP contribution in [-0.4, -0.2) is 56.5 Å². The van der Waals surface area contributed by atoms with Crippen molar-refractivity contribution >= 4 is 29.5 Å². The van der Waals surface area contributed by atoms with Crippen molar-refractivity contribution in [2.45, 2.75) is 69.0 Å². The fraction of sp³-hybridized carbons (Fsp3) is 0.364. The minimum absolute atomic E-state index is 0.125. The molecule has 0 radical (unpaired) electrons. The highest BCUT2D eigenvalue weighted by Gasteiger charge is 2.50. The SMILES string of the molecule is Cc1c(F)cccc1C(=O)NC(Cc1ccccc1)C(O)C(=O)N1CSC(C)(C)C1C(=O)NC1CCc2ccccc21. The van der Waals surface area contributed by atoms with Gasteiger partial charge in [-0.3, -0.25) is 14.4 Å². The largest absolute Gasteiger partial charge is 0.381 e. The number of aryl methyl sites for hydroxylation is 1. The number of halogens is 1. The van der Waals surface area contributed by atoms with Crippen molar-refractivity contribution < 1.29 is 23.9 Å². The van der Waals surface area contributed by atoms with Crippen molar-refractivity contribution in [3.05, 3.63) is 106 Å². The Bertz CT molecular complexity index is 1480. The molecule has 1 fully saturated rings. The van der Waals surface area contributed by atoms with Crippen LogP contribution in [0.4, 0.5) is 4.39 Å². The van der Waals surface area contributed by atoms with Crippen LogP contribution in [0.3, 0.4) is 0 Å². The highest BCUT2D eigenvalue weighted by Crippen LogP contribution is 2.41. The van der Waals surface area contributed by atoms with Gasteiger partial charge in [-0.15, -0.1) is 11.8 Å². The van der Waals surface area contributed by atoms with Gasteiger partial charge in [-0.05, 0) is 74.4 Å². The minimum Gasteiger partial charge on any atom is -0.381 e. The summed E-state index contributed by atoms with van der Waals surface area (Å²) in [6.45, 7) is 5.34. The van der Waals surface area contributed by atoms with Crippen LogP contribution in [0.1, 0.15) is 58.9 Å². The number of amides is 3. The lowest BCUT2D eigenvalue weighted by atomic mass is 9.96. The van der Waals surface area contributed by atoms with Gasteiger partial charge in [0, 0.05) is 10.3 Å². The third-order valence-electron chi connectivity index (χ3n) is 8.29. The normalized spacial score (nSPS) is 20.5. The van der Waals surface area contributed by atoms with Crippen molar-refractivity contribution in [2.24, 2.45) is 0 Å². The second kappa shape index (κ2) is 12.3. The molecule has 220 valence electrons. The Kier molecular flexibility index (Phi) is 8.70. The van der Waals surface area contributed by atoms with E-state index in [9.17, 15) is 23.9 Å². The van der Waals surface area contributed by atoms with E-state index in [1.807, 2.05) is 62.4 Å². The van der Waals surface area contributed by atoms with Crippen LogP contribution in [0.5, 0.6) is 0 Å². The maximum absolute atomic E-state index is 14.2. The van der Waals surface area contributed by atoms with E-state index in [0.29, 0.717) is 0 Å². The molecule has 1 heterocycles. The van der Waals surface area contributed by atoms with Crippen molar-refractivity contribution in [3.63, 3.8) is 0 Å². The van der Waals surface area contributed by atoms with Crippen LogP contribution in [0.15, 0.2) is 72.8 Å². The lowest BCUT2D eigenvalue weighted by Gasteiger charge is -2.34. The molecule has 9 heteroatoms. The first-order chi connectivity index (χ1) is 20.1. The van der Waals surface area contributed by atoms with Gasteiger partial charge in [0.15, 0.2) is 6.10 Å². The number of aliphatic hydroxyl groups excluding tert-OH is 1. The quantitative estimate of drug-likeness (QED) is 0.364. The number of carbonyl (C=O) groups is 3. The summed E-state index contributed by atoms with van der Waals surface area (Å²) in [5.41, 5.74) is 3.40. The molecule has 3 aromatic rings. The smallest absolute Gasteiger partial charge is 0.254 e.